The van der Waals surface area contributed by atoms with Gasteiger partial charge in [0, 0.05) is 12.6 Å². The van der Waals surface area contributed by atoms with Gasteiger partial charge in [-0.25, -0.2) is 0 Å². The van der Waals surface area contributed by atoms with Crippen LogP contribution in [-0.4, -0.2) is 26.2 Å². The van der Waals surface area contributed by atoms with Gasteiger partial charge in [-0.1, -0.05) is 33.1 Å². The van der Waals surface area contributed by atoms with Crippen molar-refractivity contribution in [2.24, 2.45) is 5.92 Å². The molecule has 0 aromatic rings. The molecule has 0 fully saturated rings. The predicted octanol–water partition coefficient (Wildman–Crippen LogP) is 2.40. The van der Waals surface area contributed by atoms with Crippen molar-refractivity contribution in [2.45, 2.75) is 52.5 Å². The van der Waals surface area contributed by atoms with E-state index in [9.17, 15) is 0 Å². The number of nitrogens with one attached hydrogen (secondary N) is 2. The number of hydrogen-bond acceptors (Lipinski definition) is 2. The van der Waals surface area contributed by atoms with Crippen LogP contribution in [0.25, 0.3) is 0 Å². The molecular weight excluding hydrogens is 172 g/mol. The second-order valence-electron chi connectivity index (χ2n) is 4.26. The van der Waals surface area contributed by atoms with Gasteiger partial charge >= 0.3 is 0 Å². The maximum atomic E-state index is 3.53. The molecule has 0 spiro atoms. The molecule has 0 saturated heterocycles. The van der Waals surface area contributed by atoms with Crippen LogP contribution in [0.2, 0.25) is 0 Å². The van der Waals surface area contributed by atoms with E-state index >= 15 is 0 Å². The average Bonchev–Trinajstić information content (AvgIpc) is 2.22. The number of hydrogen-bond donors (Lipinski definition) is 2. The first kappa shape index (κ1) is 13.9. The Hall–Kier alpha value is -0.0800. The maximum Gasteiger partial charge on any atom is 0.0161 e. The molecule has 0 aliphatic rings. The molecule has 0 radical (unpaired) electrons. The second kappa shape index (κ2) is 9.47. The lowest BCUT2D eigenvalue weighted by molar-refractivity contribution is 0.407. The van der Waals surface area contributed by atoms with Crippen LogP contribution in [0.15, 0.2) is 0 Å². The van der Waals surface area contributed by atoms with Crippen molar-refractivity contribution in [3.8, 4) is 0 Å². The highest BCUT2D eigenvalue weighted by atomic mass is 15.0. The van der Waals surface area contributed by atoms with E-state index in [1.165, 1.54) is 32.2 Å². The molecule has 2 nitrogen and oxygen atoms in total. The summed E-state index contributed by atoms with van der Waals surface area (Å²) in [7, 11) is 2.01. The Morgan fingerprint density at radius 2 is 1.86 bits per heavy atom. The molecule has 0 aliphatic heterocycles. The van der Waals surface area contributed by atoms with Gasteiger partial charge in [0.25, 0.3) is 0 Å². The van der Waals surface area contributed by atoms with E-state index in [4.69, 9.17) is 0 Å². The molecule has 0 saturated carbocycles. The standard InChI is InChI=1S/C12H28N2/c1-5-7-8-12(6-2)10-14-9-11(3)13-4/h11-14H,5-10H2,1-4H3. The summed E-state index contributed by atoms with van der Waals surface area (Å²) in [6.07, 6.45) is 5.39. The fourth-order valence-corrected chi connectivity index (χ4v) is 1.55. The zero-order chi connectivity index (χ0) is 10.8. The Morgan fingerprint density at radius 1 is 1.14 bits per heavy atom. The number of unbranched alkanes of at least 4 members (excludes halogenated alkanes) is 1. The lowest BCUT2D eigenvalue weighted by Gasteiger charge is -2.17. The third kappa shape index (κ3) is 7.34. The molecule has 2 unspecified atom stereocenters. The van der Waals surface area contributed by atoms with Crippen LogP contribution in [-0.2, 0) is 0 Å². The lowest BCUT2D eigenvalue weighted by Crippen LogP contribution is -2.36. The quantitative estimate of drug-likeness (QED) is 0.597. The van der Waals surface area contributed by atoms with E-state index in [0.717, 1.165) is 12.5 Å². The molecule has 2 atom stereocenters. The van der Waals surface area contributed by atoms with Crippen molar-refractivity contribution in [1.82, 2.24) is 10.6 Å². The molecule has 0 aliphatic carbocycles. The van der Waals surface area contributed by atoms with Crippen LogP contribution in [0.5, 0.6) is 0 Å². The summed E-state index contributed by atoms with van der Waals surface area (Å²) in [5.41, 5.74) is 0. The predicted molar refractivity (Wildman–Crippen MR) is 64.7 cm³/mol. The first-order valence-corrected chi connectivity index (χ1v) is 6.12. The zero-order valence-corrected chi connectivity index (χ0v) is 10.4. The normalized spacial score (nSPS) is 15.4. The van der Waals surface area contributed by atoms with E-state index in [1.54, 1.807) is 0 Å². The molecule has 0 aromatic carbocycles. The third-order valence-corrected chi connectivity index (χ3v) is 2.92. The molecule has 0 amide bonds. The third-order valence-electron chi connectivity index (χ3n) is 2.92. The van der Waals surface area contributed by atoms with Gasteiger partial charge < -0.3 is 10.6 Å². The second-order valence-corrected chi connectivity index (χ2v) is 4.26. The van der Waals surface area contributed by atoms with Gasteiger partial charge in [0.2, 0.25) is 0 Å². The van der Waals surface area contributed by atoms with Crippen molar-refractivity contribution >= 4 is 0 Å². The Labute approximate surface area is 89.9 Å². The topological polar surface area (TPSA) is 24.1 Å². The zero-order valence-electron chi connectivity index (χ0n) is 10.4. The van der Waals surface area contributed by atoms with Gasteiger partial charge in [0.15, 0.2) is 0 Å². The Balaban J connectivity index is 3.42. The first-order valence-electron chi connectivity index (χ1n) is 6.12. The molecule has 14 heavy (non-hydrogen) atoms. The summed E-state index contributed by atoms with van der Waals surface area (Å²) >= 11 is 0. The van der Waals surface area contributed by atoms with Gasteiger partial charge in [-0.15, -0.1) is 0 Å². The summed E-state index contributed by atoms with van der Waals surface area (Å²) < 4.78 is 0. The molecule has 86 valence electrons. The smallest absolute Gasteiger partial charge is 0.0161 e. The van der Waals surface area contributed by atoms with E-state index in [-0.39, 0.29) is 0 Å². The lowest BCUT2D eigenvalue weighted by atomic mass is 9.99. The monoisotopic (exact) mass is 200 g/mol. The summed E-state index contributed by atoms with van der Waals surface area (Å²) in [5, 5.41) is 6.77. The van der Waals surface area contributed by atoms with Crippen molar-refractivity contribution in [1.29, 1.82) is 0 Å². The van der Waals surface area contributed by atoms with E-state index in [2.05, 4.69) is 31.4 Å². The van der Waals surface area contributed by atoms with Crippen molar-refractivity contribution in [2.75, 3.05) is 20.1 Å². The Bertz CT molecular complexity index is 115. The minimum absolute atomic E-state index is 0.582. The fraction of sp³-hybridized carbons (Fsp3) is 1.00. The highest BCUT2D eigenvalue weighted by Crippen LogP contribution is 2.10. The number of likely N-dealkylation sites (N-methyl/N-ethyl adjacent to an activating group) is 1. The van der Waals surface area contributed by atoms with E-state index < -0.39 is 0 Å². The molecule has 0 aromatic heterocycles. The summed E-state index contributed by atoms with van der Waals surface area (Å²) in [5.74, 6) is 0.874. The molecule has 2 N–H and O–H groups in total. The number of rotatable bonds is 9. The van der Waals surface area contributed by atoms with Gasteiger partial charge in [-0.05, 0) is 32.9 Å². The summed E-state index contributed by atoms with van der Waals surface area (Å²) in [4.78, 5) is 0. The Morgan fingerprint density at radius 3 is 2.36 bits per heavy atom. The van der Waals surface area contributed by atoms with Gasteiger partial charge in [0.05, 0.1) is 0 Å². The van der Waals surface area contributed by atoms with Gasteiger partial charge in [-0.2, -0.15) is 0 Å². The first-order chi connectivity index (χ1) is 6.74. The van der Waals surface area contributed by atoms with Gasteiger partial charge in [0.1, 0.15) is 0 Å². The highest BCUT2D eigenvalue weighted by molar-refractivity contribution is 4.65. The van der Waals surface area contributed by atoms with Crippen LogP contribution >= 0.6 is 0 Å². The maximum absolute atomic E-state index is 3.53. The van der Waals surface area contributed by atoms with Crippen molar-refractivity contribution < 1.29 is 0 Å². The fourth-order valence-electron chi connectivity index (χ4n) is 1.55. The Kier molecular flexibility index (Phi) is 9.42. The minimum Gasteiger partial charge on any atom is -0.316 e. The van der Waals surface area contributed by atoms with Crippen LogP contribution in [0, 0.1) is 5.92 Å². The summed E-state index contributed by atoms with van der Waals surface area (Å²) in [6.45, 7) is 9.04. The van der Waals surface area contributed by atoms with Gasteiger partial charge in [-0.3, -0.25) is 0 Å². The highest BCUT2D eigenvalue weighted by Gasteiger charge is 2.05. The van der Waals surface area contributed by atoms with Crippen LogP contribution < -0.4 is 10.6 Å². The molecule has 2 heteroatoms. The van der Waals surface area contributed by atoms with E-state index in [1.807, 2.05) is 7.05 Å². The van der Waals surface area contributed by atoms with Crippen LogP contribution in [0.4, 0.5) is 0 Å². The van der Waals surface area contributed by atoms with Crippen molar-refractivity contribution in [3.05, 3.63) is 0 Å². The van der Waals surface area contributed by atoms with Crippen LogP contribution in [0.1, 0.15) is 46.5 Å². The SMILES string of the molecule is CCCCC(CC)CNCC(C)NC. The largest absolute Gasteiger partial charge is 0.316 e. The van der Waals surface area contributed by atoms with Crippen molar-refractivity contribution in [3.63, 3.8) is 0 Å². The molecular formula is C12H28N2. The summed E-state index contributed by atoms with van der Waals surface area (Å²) in [6, 6.07) is 0.582. The van der Waals surface area contributed by atoms with E-state index in [0.29, 0.717) is 6.04 Å². The average molecular weight is 200 g/mol. The molecule has 0 rings (SSSR count). The molecule has 0 bridgehead atoms. The minimum atomic E-state index is 0.582. The van der Waals surface area contributed by atoms with Crippen LogP contribution in [0.3, 0.4) is 0 Å². The molecule has 0 heterocycles.